The second-order valence-electron chi connectivity index (χ2n) is 8.06. The van der Waals surface area contributed by atoms with Gasteiger partial charge in [-0.05, 0) is 53.7 Å². The van der Waals surface area contributed by atoms with E-state index in [-0.39, 0.29) is 23.7 Å². The minimum Gasteiger partial charge on any atom is -0.493 e. The zero-order valence-corrected chi connectivity index (χ0v) is 23.1. The Kier molecular flexibility index (Phi) is 8.05. The van der Waals surface area contributed by atoms with Gasteiger partial charge in [0.05, 0.1) is 19.9 Å². The van der Waals surface area contributed by atoms with Gasteiger partial charge < -0.3 is 14.8 Å². The van der Waals surface area contributed by atoms with Crippen molar-refractivity contribution in [2.45, 2.75) is 6.54 Å². The highest BCUT2D eigenvalue weighted by molar-refractivity contribution is 7.80. The van der Waals surface area contributed by atoms with Gasteiger partial charge in [-0.3, -0.25) is 23.9 Å². The Morgan fingerprint density at radius 1 is 1.13 bits per heavy atom. The number of hydrazone groups is 1. The molecule has 14 heteroatoms. The van der Waals surface area contributed by atoms with Gasteiger partial charge in [0.1, 0.15) is 0 Å². The first-order valence-corrected chi connectivity index (χ1v) is 12.3. The van der Waals surface area contributed by atoms with Gasteiger partial charge in [-0.2, -0.15) is 10.1 Å². The van der Waals surface area contributed by atoms with E-state index in [0.717, 1.165) is 4.57 Å². The second-order valence-corrected chi connectivity index (χ2v) is 9.31. The van der Waals surface area contributed by atoms with Crippen molar-refractivity contribution in [1.82, 2.24) is 29.4 Å². The number of halogens is 2. The summed E-state index contributed by atoms with van der Waals surface area (Å²) >= 11 is 17.5. The van der Waals surface area contributed by atoms with Crippen LogP contribution in [0.5, 0.6) is 17.5 Å². The topological polar surface area (TPSA) is 117 Å². The number of nitrogens with zero attached hydrogens (tertiary/aromatic N) is 5. The second kappa shape index (κ2) is 11.3. The molecule has 38 heavy (non-hydrogen) atoms. The number of rotatable bonds is 7. The number of methoxy groups -OCH3 is 1. The van der Waals surface area contributed by atoms with Crippen LogP contribution in [-0.4, -0.2) is 44.2 Å². The van der Waals surface area contributed by atoms with Crippen LogP contribution in [0.25, 0.3) is 11.2 Å². The third-order valence-electron chi connectivity index (χ3n) is 5.65. The summed E-state index contributed by atoms with van der Waals surface area (Å²) in [7, 11) is 6.11. The number of thiocarbonyl (C=S) groups is 1. The summed E-state index contributed by atoms with van der Waals surface area (Å²) in [6.07, 6.45) is 1.56. The smallest absolute Gasteiger partial charge is 0.332 e. The lowest BCUT2D eigenvalue weighted by molar-refractivity contribution is 0.361. The highest BCUT2D eigenvalue weighted by Crippen LogP contribution is 2.33. The molecule has 0 spiro atoms. The maximum Gasteiger partial charge on any atom is 0.332 e. The van der Waals surface area contributed by atoms with Crippen LogP contribution in [0.1, 0.15) is 11.1 Å². The molecule has 0 unspecified atom stereocenters. The summed E-state index contributed by atoms with van der Waals surface area (Å²) in [4.78, 5) is 30.2. The van der Waals surface area contributed by atoms with Crippen LogP contribution in [-0.2, 0) is 20.6 Å². The Bertz CT molecular complexity index is 1690. The van der Waals surface area contributed by atoms with E-state index in [1.54, 1.807) is 54.2 Å². The molecule has 4 aromatic rings. The number of ether oxygens (including phenoxy) is 2. The first kappa shape index (κ1) is 27.2. The number of aryl methyl sites for hydroxylation is 1. The van der Waals surface area contributed by atoms with Crippen molar-refractivity contribution in [3.05, 3.63) is 78.4 Å². The largest absolute Gasteiger partial charge is 0.493 e. The van der Waals surface area contributed by atoms with Crippen molar-refractivity contribution in [3.8, 4) is 17.5 Å². The van der Waals surface area contributed by atoms with Gasteiger partial charge in [-0.15, -0.1) is 0 Å². The Balaban J connectivity index is 1.82. The fourth-order valence-electron chi connectivity index (χ4n) is 3.64. The molecule has 4 rings (SSSR count). The molecule has 0 aliphatic rings. The van der Waals surface area contributed by atoms with Gasteiger partial charge in [0.15, 0.2) is 27.8 Å². The predicted molar refractivity (Wildman–Crippen MR) is 151 cm³/mol. The fourth-order valence-corrected chi connectivity index (χ4v) is 4.16. The zero-order chi connectivity index (χ0) is 27.6. The molecule has 0 aliphatic carbocycles. The Labute approximate surface area is 232 Å². The first-order valence-electron chi connectivity index (χ1n) is 11.1. The van der Waals surface area contributed by atoms with Crippen LogP contribution in [0.3, 0.4) is 0 Å². The molecule has 0 amide bonds. The maximum absolute atomic E-state index is 13.2. The standard InChI is InChI=1S/C24H23Cl2N7O4S/c1-27-22(38)30-28-11-13-5-8-17(18(9-13)36-4)37-23-29-20-19(21(34)32(3)24(35)31(20)2)33(23)12-14-6-7-15(25)10-16(14)26/h5-11H,12H2,1-4H3,(H2,27,30,38)/b28-11-. The van der Waals surface area contributed by atoms with Gasteiger partial charge >= 0.3 is 11.7 Å². The Morgan fingerprint density at radius 2 is 1.89 bits per heavy atom. The summed E-state index contributed by atoms with van der Waals surface area (Å²) in [5.74, 6) is 0.707. The molecule has 0 radical (unpaired) electrons. The van der Waals surface area contributed by atoms with Crippen LogP contribution in [0.4, 0.5) is 0 Å². The normalized spacial score (nSPS) is 11.2. The predicted octanol–water partition coefficient (Wildman–Crippen LogP) is 3.02. The lowest BCUT2D eigenvalue weighted by Crippen LogP contribution is -2.37. The van der Waals surface area contributed by atoms with Crippen molar-refractivity contribution in [2.24, 2.45) is 19.2 Å². The minimum absolute atomic E-state index is 0.0602. The number of hydrogen-bond acceptors (Lipinski definition) is 7. The van der Waals surface area contributed by atoms with Crippen LogP contribution in [0, 0.1) is 0 Å². The average Bonchev–Trinajstić information content (AvgIpc) is 3.26. The van der Waals surface area contributed by atoms with E-state index in [9.17, 15) is 9.59 Å². The Morgan fingerprint density at radius 3 is 2.58 bits per heavy atom. The molecular formula is C24H23Cl2N7O4S. The van der Waals surface area contributed by atoms with E-state index in [1.807, 2.05) is 0 Å². The van der Waals surface area contributed by atoms with Crippen molar-refractivity contribution in [3.63, 3.8) is 0 Å². The quantitative estimate of drug-likeness (QED) is 0.196. The van der Waals surface area contributed by atoms with Crippen molar-refractivity contribution in [2.75, 3.05) is 14.2 Å². The van der Waals surface area contributed by atoms with Gasteiger partial charge in [-0.1, -0.05) is 29.3 Å². The number of fused-ring (bicyclic) bond motifs is 1. The lowest BCUT2D eigenvalue weighted by atomic mass is 10.2. The minimum atomic E-state index is -0.527. The van der Waals surface area contributed by atoms with E-state index in [0.29, 0.717) is 37.8 Å². The number of nitrogens with one attached hydrogen (secondary N) is 2. The molecule has 0 saturated carbocycles. The summed E-state index contributed by atoms with van der Waals surface area (Å²) < 4.78 is 15.5. The van der Waals surface area contributed by atoms with E-state index < -0.39 is 11.2 Å². The molecule has 2 heterocycles. The van der Waals surface area contributed by atoms with Crippen LogP contribution in [0.15, 0.2) is 51.1 Å². The van der Waals surface area contributed by atoms with E-state index in [2.05, 4.69) is 20.8 Å². The lowest BCUT2D eigenvalue weighted by Gasteiger charge is -2.13. The molecule has 0 bridgehead atoms. The first-order chi connectivity index (χ1) is 18.1. The SMILES string of the molecule is CNC(=S)N/N=C\c1ccc(Oc2nc3c(c(=O)n(C)c(=O)n3C)n2Cc2ccc(Cl)cc2Cl)c(OC)c1. The van der Waals surface area contributed by atoms with Gasteiger partial charge in [-0.25, -0.2) is 4.79 Å². The molecule has 2 N–H and O–H groups in total. The molecule has 198 valence electrons. The zero-order valence-electron chi connectivity index (χ0n) is 20.8. The van der Waals surface area contributed by atoms with Gasteiger partial charge in [0, 0.05) is 31.2 Å². The average molecular weight is 576 g/mol. The highest BCUT2D eigenvalue weighted by Gasteiger charge is 2.22. The number of benzene rings is 2. The third kappa shape index (κ3) is 5.37. The number of aromatic nitrogens is 4. The molecule has 0 saturated heterocycles. The molecular weight excluding hydrogens is 553 g/mol. The van der Waals surface area contributed by atoms with E-state index >= 15 is 0 Å². The summed E-state index contributed by atoms with van der Waals surface area (Å²) in [5.41, 5.74) is 3.33. The number of hydrogen-bond donors (Lipinski definition) is 2. The summed E-state index contributed by atoms with van der Waals surface area (Å²) in [6.45, 7) is 0.124. The van der Waals surface area contributed by atoms with Crippen LogP contribution in [0.2, 0.25) is 10.0 Å². The van der Waals surface area contributed by atoms with Crippen LogP contribution < -0.4 is 31.5 Å². The molecule has 0 atom stereocenters. The Hall–Kier alpha value is -3.87. The van der Waals surface area contributed by atoms with Crippen molar-refractivity contribution in [1.29, 1.82) is 0 Å². The maximum atomic E-state index is 13.2. The number of imidazole rings is 1. The van der Waals surface area contributed by atoms with Gasteiger partial charge in [0.25, 0.3) is 5.56 Å². The van der Waals surface area contributed by atoms with Crippen LogP contribution >= 0.6 is 35.4 Å². The molecule has 2 aromatic carbocycles. The monoisotopic (exact) mass is 575 g/mol. The fraction of sp³-hybridized carbons (Fsp3) is 0.208. The molecule has 11 nitrogen and oxygen atoms in total. The molecule has 0 fully saturated rings. The van der Waals surface area contributed by atoms with Crippen molar-refractivity contribution >= 4 is 57.9 Å². The van der Waals surface area contributed by atoms with E-state index in [1.165, 1.54) is 25.8 Å². The summed E-state index contributed by atoms with van der Waals surface area (Å²) in [6, 6.07) is 10.2. The van der Waals surface area contributed by atoms with Crippen molar-refractivity contribution < 1.29 is 9.47 Å². The third-order valence-corrected chi connectivity index (χ3v) is 6.53. The summed E-state index contributed by atoms with van der Waals surface area (Å²) in [5, 5.41) is 8.06. The molecule has 2 aromatic heterocycles. The van der Waals surface area contributed by atoms with E-state index in [4.69, 9.17) is 44.9 Å². The van der Waals surface area contributed by atoms with Gasteiger partial charge in [0.2, 0.25) is 0 Å². The highest BCUT2D eigenvalue weighted by atomic mass is 35.5. The molecule has 0 aliphatic heterocycles.